The Labute approximate surface area is 147 Å². The molecule has 0 bridgehead atoms. The fourth-order valence-electron chi connectivity index (χ4n) is 3.11. The third-order valence-electron chi connectivity index (χ3n) is 4.69. The van der Waals surface area contributed by atoms with Crippen molar-refractivity contribution in [3.63, 3.8) is 0 Å². The monoisotopic (exact) mass is 350 g/mol. The summed E-state index contributed by atoms with van der Waals surface area (Å²) in [4.78, 5) is 24.2. The maximum absolute atomic E-state index is 12.2. The maximum atomic E-state index is 12.2. The molecule has 1 aliphatic carbocycles. The van der Waals surface area contributed by atoms with E-state index in [1.807, 2.05) is 13.0 Å². The van der Waals surface area contributed by atoms with Gasteiger partial charge in [0, 0.05) is 12.0 Å². The lowest BCUT2D eigenvalue weighted by Gasteiger charge is -2.28. The molecule has 0 spiro atoms. The lowest BCUT2D eigenvalue weighted by Crippen LogP contribution is -2.35. The van der Waals surface area contributed by atoms with E-state index in [4.69, 9.17) is 9.47 Å². The molecule has 1 heterocycles. The molecule has 1 saturated heterocycles. The number of esters is 2. The molecule has 0 aromatic heterocycles. The number of hydrogen-bond acceptors (Lipinski definition) is 6. The Morgan fingerprint density at radius 1 is 1.48 bits per heavy atom. The van der Waals surface area contributed by atoms with E-state index in [2.05, 4.69) is 6.58 Å². The number of rotatable bonds is 4. The number of carbonyl (C=O) groups excluding carboxylic acids is 2. The number of allylic oxidation sites excluding steroid dienone is 1. The van der Waals surface area contributed by atoms with Gasteiger partial charge < -0.3 is 19.7 Å². The van der Waals surface area contributed by atoms with E-state index in [0.29, 0.717) is 12.8 Å². The van der Waals surface area contributed by atoms with Crippen LogP contribution in [0.4, 0.5) is 0 Å². The lowest BCUT2D eigenvalue weighted by atomic mass is 9.85. The Morgan fingerprint density at radius 2 is 2.20 bits per heavy atom. The van der Waals surface area contributed by atoms with Crippen molar-refractivity contribution in [1.29, 1.82) is 0 Å². The minimum absolute atomic E-state index is 0.119. The zero-order chi connectivity index (χ0) is 18.6. The summed E-state index contributed by atoms with van der Waals surface area (Å²) in [5.41, 5.74) is 2.07. The minimum atomic E-state index is -0.645. The van der Waals surface area contributed by atoms with E-state index in [-0.39, 0.29) is 18.8 Å². The number of hydrogen-bond donors (Lipinski definition) is 2. The van der Waals surface area contributed by atoms with E-state index in [0.717, 1.165) is 17.6 Å². The summed E-state index contributed by atoms with van der Waals surface area (Å²) in [5, 5.41) is 18.7. The van der Waals surface area contributed by atoms with Gasteiger partial charge in [0.15, 0.2) is 0 Å². The second-order valence-corrected chi connectivity index (χ2v) is 6.76. The van der Waals surface area contributed by atoms with Gasteiger partial charge in [-0.15, -0.1) is 0 Å². The summed E-state index contributed by atoms with van der Waals surface area (Å²) < 4.78 is 11.0. The summed E-state index contributed by atoms with van der Waals surface area (Å²) in [6, 6.07) is 0. The maximum Gasteiger partial charge on any atom is 0.334 e. The molecule has 6 nitrogen and oxygen atoms in total. The number of aliphatic hydroxyl groups excluding tert-OH is 2. The van der Waals surface area contributed by atoms with Crippen molar-refractivity contribution >= 4 is 11.9 Å². The highest BCUT2D eigenvalue weighted by Gasteiger charge is 2.44. The van der Waals surface area contributed by atoms with Crippen molar-refractivity contribution in [2.45, 2.75) is 45.3 Å². The molecule has 4 atom stereocenters. The smallest absolute Gasteiger partial charge is 0.334 e. The normalized spacial score (nSPS) is 32.6. The molecular formula is C19H26O6. The van der Waals surface area contributed by atoms with Gasteiger partial charge in [0.05, 0.1) is 25.0 Å². The lowest BCUT2D eigenvalue weighted by molar-refractivity contribution is -0.157. The Bertz CT molecular complexity index is 603. The molecular weight excluding hydrogens is 324 g/mol. The van der Waals surface area contributed by atoms with Gasteiger partial charge in [-0.05, 0) is 38.3 Å². The standard InChI is InChI=1S/C19H26O6/c1-11-5-4-6-14(10-21)8-16-17(13(3)19(23)25-16)15(7-11)24-18(22)12(2)9-20/h5,8,12,15-17,20-21H,3-4,6-7,9-10H2,1-2H3/b11-5+,14-8-/t12-,15-,16-,17+/m0/s1. The van der Waals surface area contributed by atoms with Gasteiger partial charge in [-0.2, -0.15) is 0 Å². The van der Waals surface area contributed by atoms with Gasteiger partial charge in [0.2, 0.25) is 0 Å². The largest absolute Gasteiger partial charge is 0.461 e. The summed E-state index contributed by atoms with van der Waals surface area (Å²) in [7, 11) is 0. The first-order chi connectivity index (χ1) is 11.9. The molecule has 1 fully saturated rings. The van der Waals surface area contributed by atoms with Crippen LogP contribution in [0.15, 0.2) is 35.5 Å². The Kier molecular flexibility index (Phi) is 6.56. The third-order valence-corrected chi connectivity index (χ3v) is 4.69. The van der Waals surface area contributed by atoms with Crippen LogP contribution in [0.1, 0.15) is 33.1 Å². The molecule has 2 N–H and O–H groups in total. The van der Waals surface area contributed by atoms with Gasteiger partial charge in [0.1, 0.15) is 12.2 Å². The number of fused-ring (bicyclic) bond motifs is 1. The SMILES string of the molecule is C=C1C(=O)O[C@H]2/C=C(\CO)CC/C=C(\C)C[C@H](OC(=O)[C@@H](C)CO)[C@@H]12. The fraction of sp³-hybridized carbons (Fsp3) is 0.579. The third kappa shape index (κ3) is 4.58. The number of ether oxygens (including phenoxy) is 2. The average molecular weight is 350 g/mol. The van der Waals surface area contributed by atoms with Crippen LogP contribution in [-0.2, 0) is 19.1 Å². The predicted molar refractivity (Wildman–Crippen MR) is 91.4 cm³/mol. The van der Waals surface area contributed by atoms with Gasteiger partial charge in [-0.1, -0.05) is 18.2 Å². The van der Waals surface area contributed by atoms with Crippen LogP contribution in [0.2, 0.25) is 0 Å². The number of aliphatic hydroxyl groups is 2. The molecule has 2 aliphatic rings. The number of carbonyl (C=O) groups is 2. The molecule has 1 aliphatic heterocycles. The van der Waals surface area contributed by atoms with E-state index in [9.17, 15) is 19.8 Å². The Morgan fingerprint density at radius 3 is 2.84 bits per heavy atom. The van der Waals surface area contributed by atoms with Crippen molar-refractivity contribution < 1.29 is 29.3 Å². The summed E-state index contributed by atoms with van der Waals surface area (Å²) in [6.45, 7) is 6.91. The first kappa shape index (κ1) is 19.4. The molecule has 0 unspecified atom stereocenters. The molecule has 0 amide bonds. The van der Waals surface area contributed by atoms with Crippen molar-refractivity contribution in [1.82, 2.24) is 0 Å². The quantitative estimate of drug-likeness (QED) is 0.455. The highest BCUT2D eigenvalue weighted by atomic mass is 16.6. The van der Waals surface area contributed by atoms with E-state index >= 15 is 0 Å². The molecule has 0 aromatic rings. The second kappa shape index (κ2) is 8.45. The minimum Gasteiger partial charge on any atom is -0.461 e. The molecule has 0 saturated carbocycles. The Hall–Kier alpha value is -1.92. The highest BCUT2D eigenvalue weighted by molar-refractivity contribution is 5.91. The summed E-state index contributed by atoms with van der Waals surface area (Å²) in [6.07, 6.45) is 4.44. The molecule has 2 rings (SSSR count). The van der Waals surface area contributed by atoms with Gasteiger partial charge in [-0.25, -0.2) is 4.79 Å². The average Bonchev–Trinajstić information content (AvgIpc) is 2.86. The molecule has 25 heavy (non-hydrogen) atoms. The topological polar surface area (TPSA) is 93.1 Å². The van der Waals surface area contributed by atoms with Crippen LogP contribution in [0.5, 0.6) is 0 Å². The van der Waals surface area contributed by atoms with Crippen molar-refractivity contribution in [2.75, 3.05) is 13.2 Å². The van der Waals surface area contributed by atoms with Crippen LogP contribution >= 0.6 is 0 Å². The zero-order valence-electron chi connectivity index (χ0n) is 14.7. The second-order valence-electron chi connectivity index (χ2n) is 6.76. The van der Waals surface area contributed by atoms with Crippen molar-refractivity contribution in [3.05, 3.63) is 35.5 Å². The fourth-order valence-corrected chi connectivity index (χ4v) is 3.11. The summed E-state index contributed by atoms with van der Waals surface area (Å²) >= 11 is 0. The zero-order valence-corrected chi connectivity index (χ0v) is 14.7. The predicted octanol–water partition coefficient (Wildman–Crippen LogP) is 1.67. The highest BCUT2D eigenvalue weighted by Crippen LogP contribution is 2.36. The Balaban J connectivity index is 2.37. The van der Waals surface area contributed by atoms with E-state index in [1.165, 1.54) is 0 Å². The van der Waals surface area contributed by atoms with Crippen LogP contribution in [0, 0.1) is 11.8 Å². The molecule has 138 valence electrons. The van der Waals surface area contributed by atoms with E-state index < -0.39 is 36.0 Å². The van der Waals surface area contributed by atoms with Crippen molar-refractivity contribution in [2.24, 2.45) is 11.8 Å². The van der Waals surface area contributed by atoms with E-state index in [1.54, 1.807) is 13.0 Å². The van der Waals surface area contributed by atoms with Crippen LogP contribution in [0.25, 0.3) is 0 Å². The van der Waals surface area contributed by atoms with Gasteiger partial charge in [0.25, 0.3) is 0 Å². The molecule has 6 heteroatoms. The molecule has 0 radical (unpaired) electrons. The molecule has 0 aromatic carbocycles. The van der Waals surface area contributed by atoms with Crippen LogP contribution in [0.3, 0.4) is 0 Å². The summed E-state index contributed by atoms with van der Waals surface area (Å²) in [5.74, 6) is -2.19. The first-order valence-corrected chi connectivity index (χ1v) is 8.54. The first-order valence-electron chi connectivity index (χ1n) is 8.54. The van der Waals surface area contributed by atoms with Crippen LogP contribution in [-0.4, -0.2) is 47.6 Å². The van der Waals surface area contributed by atoms with Crippen molar-refractivity contribution in [3.8, 4) is 0 Å². The van der Waals surface area contributed by atoms with Gasteiger partial charge >= 0.3 is 11.9 Å². The van der Waals surface area contributed by atoms with Gasteiger partial charge in [-0.3, -0.25) is 4.79 Å². The van der Waals surface area contributed by atoms with Crippen LogP contribution < -0.4 is 0 Å².